The molecule has 228 valence electrons. The van der Waals surface area contributed by atoms with Gasteiger partial charge in [0.05, 0.1) is 28.4 Å². The molecule has 0 spiro atoms. The lowest BCUT2D eigenvalue weighted by molar-refractivity contribution is 0.0708. The maximum atomic E-state index is 13.6. The van der Waals surface area contributed by atoms with Crippen LogP contribution in [0.4, 0.5) is 5.82 Å². The van der Waals surface area contributed by atoms with Gasteiger partial charge in [0.15, 0.2) is 5.65 Å². The first-order valence-electron chi connectivity index (χ1n) is 15.1. The molecule has 0 saturated heterocycles. The Morgan fingerprint density at radius 1 is 1.04 bits per heavy atom. The molecule has 0 bridgehead atoms. The second kappa shape index (κ2) is 11.9. The fourth-order valence-corrected chi connectivity index (χ4v) is 7.39. The Hall–Kier alpha value is -4.90. The highest BCUT2D eigenvalue weighted by Crippen LogP contribution is 2.39. The maximum Gasteiger partial charge on any atom is 0.270 e. The summed E-state index contributed by atoms with van der Waals surface area (Å²) < 4.78 is 14.7. The van der Waals surface area contributed by atoms with E-state index < -0.39 is 10.8 Å². The Morgan fingerprint density at radius 3 is 2.62 bits per heavy atom. The van der Waals surface area contributed by atoms with Gasteiger partial charge in [-0.15, -0.1) is 0 Å². The summed E-state index contributed by atoms with van der Waals surface area (Å²) in [6.45, 7) is 0. The van der Waals surface area contributed by atoms with Crippen LogP contribution in [0.5, 0.6) is 0 Å². The van der Waals surface area contributed by atoms with E-state index in [0.717, 1.165) is 64.7 Å². The Morgan fingerprint density at radius 2 is 1.87 bits per heavy atom. The molecule has 11 heteroatoms. The second-order valence-corrected chi connectivity index (χ2v) is 13.0. The number of rotatable bonds is 6. The molecular formula is C34H34N8O2S. The standard InChI is InChI=1S/C34H34N8O2S/c1-41(34(43)29-17-24-18-36-15-14-28(24)39-29)25-11-7-6-10-22(16-25)30-31(45(2)44)32(35)42-33(40-30)26(20-38-42)23-12-13-27(37-19-23)21-8-4-3-5-9-21/h3-5,8-9,12-15,17-20,22,25,39H,6-7,10-11,16,35H2,1-2H3. The molecule has 3 atom stereocenters. The number of amides is 1. The molecule has 0 aliphatic heterocycles. The molecule has 5 heterocycles. The highest BCUT2D eigenvalue weighted by atomic mass is 32.2. The minimum absolute atomic E-state index is 0.0222. The van der Waals surface area contributed by atoms with Gasteiger partial charge in [0.1, 0.15) is 16.4 Å². The lowest BCUT2D eigenvalue weighted by Crippen LogP contribution is -2.38. The number of H-pyrrole nitrogens is 1. The number of nitrogens with two attached hydrogens (primary N) is 1. The van der Waals surface area contributed by atoms with Crippen LogP contribution < -0.4 is 5.73 Å². The molecule has 1 amide bonds. The summed E-state index contributed by atoms with van der Waals surface area (Å²) in [5.74, 6) is 0.226. The van der Waals surface area contributed by atoms with Crippen LogP contribution in [-0.2, 0) is 10.8 Å². The Bertz CT molecular complexity index is 2000. The van der Waals surface area contributed by atoms with Gasteiger partial charge in [0.25, 0.3) is 5.91 Å². The summed E-state index contributed by atoms with van der Waals surface area (Å²) in [6.07, 6.45) is 13.0. The zero-order valence-corrected chi connectivity index (χ0v) is 26.0. The molecular weight excluding hydrogens is 584 g/mol. The first-order chi connectivity index (χ1) is 21.9. The number of hydrogen-bond acceptors (Lipinski definition) is 7. The van der Waals surface area contributed by atoms with Crippen molar-refractivity contribution in [2.75, 3.05) is 19.0 Å². The van der Waals surface area contributed by atoms with Crippen molar-refractivity contribution in [1.29, 1.82) is 0 Å². The number of nitrogens with zero attached hydrogens (tertiary/aromatic N) is 6. The van der Waals surface area contributed by atoms with E-state index in [4.69, 9.17) is 15.7 Å². The minimum atomic E-state index is -1.40. The number of carbonyl (C=O) groups excluding carboxylic acids is 1. The largest absolute Gasteiger partial charge is 0.383 e. The molecule has 3 unspecified atom stereocenters. The van der Waals surface area contributed by atoms with E-state index in [1.165, 1.54) is 0 Å². The fourth-order valence-electron chi connectivity index (χ4n) is 6.50. The third kappa shape index (κ3) is 5.37. The molecule has 6 aromatic rings. The third-order valence-electron chi connectivity index (χ3n) is 8.90. The van der Waals surface area contributed by atoms with E-state index in [9.17, 15) is 9.00 Å². The van der Waals surface area contributed by atoms with Crippen molar-refractivity contribution in [3.63, 3.8) is 0 Å². The van der Waals surface area contributed by atoms with Crippen molar-refractivity contribution in [1.82, 2.24) is 34.4 Å². The number of nitrogens with one attached hydrogen (secondary N) is 1. The summed E-state index contributed by atoms with van der Waals surface area (Å²) in [6, 6.07) is 17.7. The van der Waals surface area contributed by atoms with Crippen LogP contribution in [0.25, 0.3) is 38.9 Å². The number of aromatic nitrogens is 6. The van der Waals surface area contributed by atoms with E-state index in [1.54, 1.807) is 29.4 Å². The van der Waals surface area contributed by atoms with Crippen LogP contribution in [0.1, 0.15) is 54.2 Å². The van der Waals surface area contributed by atoms with Gasteiger partial charge in [-0.1, -0.05) is 49.2 Å². The average molecular weight is 619 g/mol. The Labute approximate surface area is 263 Å². The molecule has 1 saturated carbocycles. The number of benzene rings is 1. The quantitative estimate of drug-likeness (QED) is 0.224. The van der Waals surface area contributed by atoms with Crippen LogP contribution in [0.15, 0.2) is 84.3 Å². The number of anilines is 1. The van der Waals surface area contributed by atoms with Crippen molar-refractivity contribution >= 4 is 39.1 Å². The number of hydrogen-bond donors (Lipinski definition) is 2. The fraction of sp³-hybridized carbons (Fsp3) is 0.265. The van der Waals surface area contributed by atoms with Crippen molar-refractivity contribution in [2.24, 2.45) is 0 Å². The predicted molar refractivity (Wildman–Crippen MR) is 176 cm³/mol. The van der Waals surface area contributed by atoms with Crippen molar-refractivity contribution in [3.05, 3.63) is 90.8 Å². The lowest BCUT2D eigenvalue weighted by Gasteiger charge is -2.29. The van der Waals surface area contributed by atoms with Crippen LogP contribution in [0, 0.1) is 0 Å². The Kier molecular flexibility index (Phi) is 7.62. The molecule has 10 nitrogen and oxygen atoms in total. The zero-order chi connectivity index (χ0) is 31.1. The summed E-state index contributed by atoms with van der Waals surface area (Å²) in [7, 11) is 0.469. The molecule has 7 rings (SSSR count). The van der Waals surface area contributed by atoms with Gasteiger partial charge in [-0.05, 0) is 37.5 Å². The molecule has 0 radical (unpaired) electrons. The number of fused-ring (bicyclic) bond motifs is 2. The van der Waals surface area contributed by atoms with Crippen molar-refractivity contribution in [3.8, 4) is 22.4 Å². The predicted octanol–water partition coefficient (Wildman–Crippen LogP) is 5.84. The highest BCUT2D eigenvalue weighted by Gasteiger charge is 2.32. The maximum absolute atomic E-state index is 13.6. The zero-order valence-electron chi connectivity index (χ0n) is 25.2. The van der Waals surface area contributed by atoms with Gasteiger partial charge in [0, 0.05) is 71.4 Å². The Balaban J connectivity index is 1.23. The van der Waals surface area contributed by atoms with E-state index >= 15 is 0 Å². The number of aromatic amines is 1. The normalized spacial score (nSPS) is 17.7. The minimum Gasteiger partial charge on any atom is -0.383 e. The number of nitrogen functional groups attached to an aromatic ring is 1. The molecule has 1 fully saturated rings. The number of pyridine rings is 2. The lowest BCUT2D eigenvalue weighted by atomic mass is 9.93. The van der Waals surface area contributed by atoms with Crippen LogP contribution >= 0.6 is 0 Å². The average Bonchev–Trinajstić information content (AvgIpc) is 3.62. The molecule has 1 aromatic carbocycles. The van der Waals surface area contributed by atoms with Gasteiger partial charge in [-0.3, -0.25) is 19.0 Å². The third-order valence-corrected chi connectivity index (χ3v) is 9.89. The van der Waals surface area contributed by atoms with E-state index in [1.807, 2.05) is 72.7 Å². The van der Waals surface area contributed by atoms with Crippen molar-refractivity contribution in [2.45, 2.75) is 49.0 Å². The van der Waals surface area contributed by atoms with Gasteiger partial charge in [-0.25, -0.2) is 4.98 Å². The van der Waals surface area contributed by atoms with Gasteiger partial charge in [0.2, 0.25) is 0 Å². The summed E-state index contributed by atoms with van der Waals surface area (Å²) in [4.78, 5) is 33.2. The van der Waals surface area contributed by atoms with Gasteiger partial charge >= 0.3 is 0 Å². The summed E-state index contributed by atoms with van der Waals surface area (Å²) in [5, 5.41) is 5.45. The topological polar surface area (TPSA) is 135 Å². The van der Waals surface area contributed by atoms with Crippen molar-refractivity contribution < 1.29 is 9.00 Å². The van der Waals surface area contributed by atoms with E-state index in [2.05, 4.69) is 15.1 Å². The van der Waals surface area contributed by atoms with Crippen LogP contribution in [0.3, 0.4) is 0 Å². The number of carbonyl (C=O) groups is 1. The first-order valence-corrected chi connectivity index (χ1v) is 16.7. The van der Waals surface area contributed by atoms with Gasteiger partial charge < -0.3 is 15.6 Å². The molecule has 1 aliphatic rings. The van der Waals surface area contributed by atoms with Crippen LogP contribution in [0.2, 0.25) is 0 Å². The van der Waals surface area contributed by atoms with E-state index in [0.29, 0.717) is 28.5 Å². The van der Waals surface area contributed by atoms with E-state index in [-0.39, 0.29) is 17.9 Å². The second-order valence-electron chi connectivity index (χ2n) is 11.7. The monoisotopic (exact) mass is 618 g/mol. The molecule has 1 aliphatic carbocycles. The first kappa shape index (κ1) is 28.8. The molecule has 5 aromatic heterocycles. The molecule has 45 heavy (non-hydrogen) atoms. The SMILES string of the molecule is CN(C(=O)c1cc2cnccc2[nH]1)C1CCCCC(c2nc3c(-c4ccc(-c5ccccc5)nc4)cnn3c(N)c2S(C)=O)C1. The smallest absolute Gasteiger partial charge is 0.270 e. The van der Waals surface area contributed by atoms with Crippen LogP contribution in [-0.4, -0.2) is 63.9 Å². The molecule has 3 N–H and O–H groups in total. The highest BCUT2D eigenvalue weighted by molar-refractivity contribution is 7.84. The summed E-state index contributed by atoms with van der Waals surface area (Å²) >= 11 is 0. The van der Waals surface area contributed by atoms with Gasteiger partial charge in [-0.2, -0.15) is 9.61 Å². The summed E-state index contributed by atoms with van der Waals surface area (Å²) in [5.41, 5.74) is 13.0.